The maximum absolute atomic E-state index is 10.9. The normalized spacial score (nSPS) is 13.8. The van der Waals surface area contributed by atoms with Gasteiger partial charge < -0.3 is 0 Å². The Kier molecular flexibility index (Phi) is 4.35. The van der Waals surface area contributed by atoms with E-state index in [2.05, 4.69) is 28.8 Å². The molecule has 0 aliphatic carbocycles. The molecule has 8 heteroatoms. The minimum absolute atomic E-state index is 0.323. The molecule has 1 N–H and O–H groups in total. The molecule has 1 unspecified atom stereocenters. The summed E-state index contributed by atoms with van der Waals surface area (Å²) in [4.78, 5) is 0. The van der Waals surface area contributed by atoms with Crippen LogP contribution in [0.15, 0.2) is 4.34 Å². The van der Waals surface area contributed by atoms with E-state index in [1.54, 1.807) is 11.8 Å². The summed E-state index contributed by atoms with van der Waals surface area (Å²) in [5.74, 6) is 0. The standard InChI is InChI=1S/C7H13N3O2S3/c1-4-5(2)13-7-9-8-6(14-7)10-15(3,11)12/h5H,4H2,1-3H3,(H,8,10). The Balaban J connectivity index is 2.64. The Morgan fingerprint density at radius 3 is 2.73 bits per heavy atom. The lowest BCUT2D eigenvalue weighted by Crippen LogP contribution is -2.08. The van der Waals surface area contributed by atoms with Crippen LogP contribution in [0.1, 0.15) is 20.3 Å². The number of aromatic nitrogens is 2. The number of nitrogens with one attached hydrogen (secondary N) is 1. The molecule has 0 aliphatic heterocycles. The van der Waals surface area contributed by atoms with E-state index in [1.165, 1.54) is 11.3 Å². The van der Waals surface area contributed by atoms with Crippen molar-refractivity contribution in [2.24, 2.45) is 0 Å². The van der Waals surface area contributed by atoms with Crippen molar-refractivity contribution in [1.29, 1.82) is 0 Å². The third kappa shape index (κ3) is 4.80. The van der Waals surface area contributed by atoms with Crippen LogP contribution in [0, 0.1) is 0 Å². The molecule has 0 saturated heterocycles. The van der Waals surface area contributed by atoms with Crippen molar-refractivity contribution < 1.29 is 8.42 Å². The van der Waals surface area contributed by atoms with Gasteiger partial charge in [0, 0.05) is 5.25 Å². The van der Waals surface area contributed by atoms with Crippen molar-refractivity contribution in [2.45, 2.75) is 29.9 Å². The molecule has 1 aromatic heterocycles. The van der Waals surface area contributed by atoms with E-state index in [1.807, 2.05) is 0 Å². The third-order valence-corrected chi connectivity index (χ3v) is 4.44. The molecule has 1 atom stereocenters. The van der Waals surface area contributed by atoms with Gasteiger partial charge in [0.05, 0.1) is 6.26 Å². The SMILES string of the molecule is CCC(C)Sc1nnc(NS(C)(=O)=O)s1. The maximum atomic E-state index is 10.9. The third-order valence-electron chi connectivity index (χ3n) is 1.56. The second-order valence-corrected chi connectivity index (χ2v) is 7.50. The van der Waals surface area contributed by atoms with E-state index in [-0.39, 0.29) is 0 Å². The van der Waals surface area contributed by atoms with E-state index < -0.39 is 10.0 Å². The van der Waals surface area contributed by atoms with Crippen LogP contribution in [-0.4, -0.2) is 30.1 Å². The molecule has 1 heterocycles. The van der Waals surface area contributed by atoms with Gasteiger partial charge in [0.15, 0.2) is 4.34 Å². The monoisotopic (exact) mass is 267 g/mol. The fourth-order valence-electron chi connectivity index (χ4n) is 0.713. The number of sulfonamides is 1. The van der Waals surface area contributed by atoms with Crippen LogP contribution < -0.4 is 4.72 Å². The van der Waals surface area contributed by atoms with Crippen molar-refractivity contribution in [3.8, 4) is 0 Å². The van der Waals surface area contributed by atoms with Crippen LogP contribution in [-0.2, 0) is 10.0 Å². The summed E-state index contributed by atoms with van der Waals surface area (Å²) in [6, 6.07) is 0. The summed E-state index contributed by atoms with van der Waals surface area (Å²) < 4.78 is 24.9. The van der Waals surface area contributed by atoms with E-state index in [9.17, 15) is 8.42 Å². The number of anilines is 1. The first kappa shape index (κ1) is 12.7. The first-order valence-electron chi connectivity index (χ1n) is 4.38. The molecular formula is C7H13N3O2S3. The highest BCUT2D eigenvalue weighted by molar-refractivity contribution is 8.01. The molecule has 0 spiro atoms. The summed E-state index contributed by atoms with van der Waals surface area (Å²) in [5.41, 5.74) is 0. The molecular weight excluding hydrogens is 254 g/mol. The van der Waals surface area contributed by atoms with Gasteiger partial charge in [0.1, 0.15) is 0 Å². The predicted octanol–water partition coefficient (Wildman–Crippen LogP) is 1.80. The highest BCUT2D eigenvalue weighted by Gasteiger charge is 2.10. The second kappa shape index (κ2) is 5.13. The zero-order valence-corrected chi connectivity index (χ0v) is 11.2. The smallest absolute Gasteiger partial charge is 0.231 e. The van der Waals surface area contributed by atoms with Gasteiger partial charge in [-0.1, -0.05) is 36.9 Å². The Morgan fingerprint density at radius 1 is 1.53 bits per heavy atom. The van der Waals surface area contributed by atoms with Gasteiger partial charge in [-0.25, -0.2) is 8.42 Å². The molecule has 0 aromatic carbocycles. The predicted molar refractivity (Wildman–Crippen MR) is 64.0 cm³/mol. The van der Waals surface area contributed by atoms with Gasteiger partial charge in [-0.15, -0.1) is 10.2 Å². The van der Waals surface area contributed by atoms with Crippen molar-refractivity contribution in [3.63, 3.8) is 0 Å². The Morgan fingerprint density at radius 2 is 2.20 bits per heavy atom. The van der Waals surface area contributed by atoms with E-state index in [4.69, 9.17) is 0 Å². The summed E-state index contributed by atoms with van der Waals surface area (Å²) in [7, 11) is -3.25. The van der Waals surface area contributed by atoms with Gasteiger partial charge in [-0.2, -0.15) is 0 Å². The van der Waals surface area contributed by atoms with Crippen LogP contribution in [0.5, 0.6) is 0 Å². The van der Waals surface area contributed by atoms with Crippen LogP contribution in [0.25, 0.3) is 0 Å². The molecule has 1 rings (SSSR count). The fourth-order valence-corrected chi connectivity index (χ4v) is 3.54. The fraction of sp³-hybridized carbons (Fsp3) is 0.714. The van der Waals surface area contributed by atoms with Gasteiger partial charge >= 0.3 is 0 Å². The largest absolute Gasteiger partial charge is 0.257 e. The van der Waals surface area contributed by atoms with Crippen molar-refractivity contribution >= 4 is 38.3 Å². The van der Waals surface area contributed by atoms with E-state index >= 15 is 0 Å². The summed E-state index contributed by atoms with van der Waals surface area (Å²) >= 11 is 2.85. The zero-order valence-electron chi connectivity index (χ0n) is 8.72. The lowest BCUT2D eigenvalue weighted by Gasteiger charge is -2.02. The molecule has 0 bridgehead atoms. The highest BCUT2D eigenvalue weighted by Crippen LogP contribution is 2.30. The Labute approximate surface area is 97.7 Å². The van der Waals surface area contributed by atoms with Crippen molar-refractivity contribution in [3.05, 3.63) is 0 Å². The molecule has 0 amide bonds. The van der Waals surface area contributed by atoms with E-state index in [0.29, 0.717) is 10.4 Å². The molecule has 5 nitrogen and oxygen atoms in total. The number of rotatable bonds is 5. The van der Waals surface area contributed by atoms with E-state index in [0.717, 1.165) is 17.0 Å². The van der Waals surface area contributed by atoms with Crippen LogP contribution in [0.3, 0.4) is 0 Å². The molecule has 0 radical (unpaired) electrons. The number of hydrogen-bond donors (Lipinski definition) is 1. The number of thioether (sulfide) groups is 1. The van der Waals surface area contributed by atoms with Gasteiger partial charge in [-0.05, 0) is 6.42 Å². The second-order valence-electron chi connectivity index (χ2n) is 3.08. The number of hydrogen-bond acceptors (Lipinski definition) is 6. The van der Waals surface area contributed by atoms with Gasteiger partial charge in [-0.3, -0.25) is 4.72 Å². The van der Waals surface area contributed by atoms with Crippen molar-refractivity contribution in [2.75, 3.05) is 11.0 Å². The molecule has 1 aromatic rings. The molecule has 0 aliphatic rings. The minimum atomic E-state index is -3.25. The summed E-state index contributed by atoms with van der Waals surface area (Å²) in [6.45, 7) is 4.18. The van der Waals surface area contributed by atoms with Crippen LogP contribution in [0.4, 0.5) is 5.13 Å². The minimum Gasteiger partial charge on any atom is -0.257 e. The van der Waals surface area contributed by atoms with Crippen LogP contribution >= 0.6 is 23.1 Å². The Hall–Kier alpha value is -0.340. The van der Waals surface area contributed by atoms with Gasteiger partial charge in [0.2, 0.25) is 15.2 Å². The average Bonchev–Trinajstić information content (AvgIpc) is 2.49. The molecule has 0 saturated carbocycles. The van der Waals surface area contributed by atoms with Gasteiger partial charge in [0.25, 0.3) is 0 Å². The first-order chi connectivity index (χ1) is 6.90. The Bertz CT molecular complexity index is 415. The quantitative estimate of drug-likeness (QED) is 0.824. The summed E-state index contributed by atoms with van der Waals surface area (Å²) in [5, 5.41) is 8.42. The van der Waals surface area contributed by atoms with Crippen molar-refractivity contribution in [1.82, 2.24) is 10.2 Å². The summed E-state index contributed by atoms with van der Waals surface area (Å²) in [6.07, 6.45) is 2.13. The van der Waals surface area contributed by atoms with Crippen LogP contribution in [0.2, 0.25) is 0 Å². The first-order valence-corrected chi connectivity index (χ1v) is 7.97. The topological polar surface area (TPSA) is 72.0 Å². The lowest BCUT2D eigenvalue weighted by molar-refractivity contribution is 0.606. The molecule has 86 valence electrons. The zero-order chi connectivity index (χ0) is 11.5. The molecule has 0 fully saturated rings. The lowest BCUT2D eigenvalue weighted by atomic mass is 10.4. The number of nitrogens with zero attached hydrogens (tertiary/aromatic N) is 2. The highest BCUT2D eigenvalue weighted by atomic mass is 32.2. The maximum Gasteiger partial charge on any atom is 0.231 e. The molecule has 15 heavy (non-hydrogen) atoms. The average molecular weight is 267 g/mol.